The third kappa shape index (κ3) is 22.0. The summed E-state index contributed by atoms with van der Waals surface area (Å²) in [5.41, 5.74) is 12.2. The van der Waals surface area contributed by atoms with Crippen LogP contribution in [-0.4, -0.2) is 11.8 Å². The first-order valence-electron chi connectivity index (χ1n) is 4.65. The van der Waals surface area contributed by atoms with Crippen molar-refractivity contribution in [2.45, 2.75) is 41.5 Å². The second-order valence-corrected chi connectivity index (χ2v) is 8.49. The average Bonchev–Trinajstić information content (AvgIpc) is 2.02. The molecule has 0 unspecified atom stereocenters. The predicted octanol–water partition coefficient (Wildman–Crippen LogP) is 4.60. The minimum atomic E-state index is -0.507. The summed E-state index contributed by atoms with van der Waals surface area (Å²) in [5, 5.41) is 0. The van der Waals surface area contributed by atoms with Crippen molar-refractivity contribution >= 4 is 30.7 Å². The molecular weight excluding hydrogens is 446 g/mol. The van der Waals surface area contributed by atoms with E-state index in [2.05, 4.69) is 0 Å². The van der Waals surface area contributed by atoms with Crippen molar-refractivity contribution in [3.63, 3.8) is 0 Å². The third-order valence-electron chi connectivity index (χ3n) is 1.36. The Morgan fingerprint density at radius 1 is 0.824 bits per heavy atom. The van der Waals surface area contributed by atoms with Crippen molar-refractivity contribution in [3.05, 3.63) is 11.5 Å². The summed E-state index contributed by atoms with van der Waals surface area (Å²) < 4.78 is 0. The molecule has 0 atom stereocenters. The van der Waals surface area contributed by atoms with Crippen LogP contribution in [0.15, 0.2) is 0 Å². The van der Waals surface area contributed by atoms with Crippen LogP contribution >= 0.6 is 18.8 Å². The van der Waals surface area contributed by atoms with Crippen LogP contribution < -0.4 is 0 Å². The molecule has 0 fully saturated rings. The predicted molar refractivity (Wildman–Crippen MR) is 69.3 cm³/mol. The fourth-order valence-electron chi connectivity index (χ4n) is 0. The second-order valence-electron chi connectivity index (χ2n) is 5.20. The Balaban J connectivity index is -0.000000188. The molecular formula is C10H20Cl2N2O2Pt. The maximum atomic E-state index is 10.1. The molecule has 17 heavy (non-hydrogen) atoms. The van der Waals surface area contributed by atoms with Gasteiger partial charge in [-0.25, -0.2) is 0 Å². The van der Waals surface area contributed by atoms with Gasteiger partial charge in [-0.05, 0) is 0 Å². The Morgan fingerprint density at radius 2 is 0.882 bits per heavy atom. The van der Waals surface area contributed by atoms with Crippen molar-refractivity contribution in [1.29, 1.82) is 0 Å². The fourth-order valence-corrected chi connectivity index (χ4v) is 0. The van der Waals surface area contributed by atoms with Gasteiger partial charge in [-0.2, -0.15) is 0 Å². The number of carbonyl (C=O) groups is 2. The average molecular weight is 466 g/mol. The van der Waals surface area contributed by atoms with Gasteiger partial charge in [0.05, 0.1) is 11.8 Å². The zero-order valence-electron chi connectivity index (χ0n) is 10.9. The van der Waals surface area contributed by atoms with Crippen LogP contribution in [0.3, 0.4) is 0 Å². The molecule has 7 heteroatoms. The number of amides is 2. The van der Waals surface area contributed by atoms with Crippen LogP contribution in [0.2, 0.25) is 0 Å². The molecule has 0 aromatic rings. The molecule has 0 bridgehead atoms. The molecule has 106 valence electrons. The van der Waals surface area contributed by atoms with Crippen molar-refractivity contribution in [2.75, 3.05) is 0 Å². The number of halogens is 2. The zero-order valence-corrected chi connectivity index (χ0v) is 14.7. The van der Waals surface area contributed by atoms with Crippen molar-refractivity contribution in [1.82, 2.24) is 0 Å². The molecule has 0 rings (SSSR count). The Labute approximate surface area is 120 Å². The molecule has 0 spiro atoms. The van der Waals surface area contributed by atoms with E-state index >= 15 is 0 Å². The summed E-state index contributed by atoms with van der Waals surface area (Å²) in [7, 11) is 9.75. The van der Waals surface area contributed by atoms with Gasteiger partial charge in [0, 0.05) is 10.8 Å². The van der Waals surface area contributed by atoms with E-state index < -0.39 is 39.1 Å². The number of nitrogens with one attached hydrogen (secondary N) is 2. The van der Waals surface area contributed by atoms with Gasteiger partial charge in [-0.1, -0.05) is 41.5 Å². The van der Waals surface area contributed by atoms with Gasteiger partial charge in [-0.3, -0.25) is 0 Å². The van der Waals surface area contributed by atoms with E-state index in [-0.39, 0.29) is 0 Å². The van der Waals surface area contributed by atoms with Gasteiger partial charge in [0.25, 0.3) is 0 Å². The SMILES string of the molecule is CC(C)(C)C([NH-])=O.CC(C)(C)C([NH-])=O.[Cl][Pt+2][Cl]. The second kappa shape index (κ2) is 10.2. The van der Waals surface area contributed by atoms with E-state index in [4.69, 9.17) is 30.3 Å². The molecule has 0 aromatic heterocycles. The third-order valence-corrected chi connectivity index (χ3v) is 1.36. The van der Waals surface area contributed by atoms with E-state index in [1.807, 2.05) is 0 Å². The Kier molecular flexibility index (Phi) is 13.4. The summed E-state index contributed by atoms with van der Waals surface area (Å²) in [5.74, 6) is -1.01. The molecule has 0 radical (unpaired) electrons. The summed E-state index contributed by atoms with van der Waals surface area (Å²) in [6, 6.07) is 0. The van der Waals surface area contributed by atoms with E-state index in [0.717, 1.165) is 0 Å². The van der Waals surface area contributed by atoms with Gasteiger partial charge in [0.15, 0.2) is 0 Å². The van der Waals surface area contributed by atoms with Crippen molar-refractivity contribution in [3.8, 4) is 0 Å². The van der Waals surface area contributed by atoms with E-state index in [0.29, 0.717) is 0 Å². The standard InChI is InChI=1S/2C5H11NO.2ClH.Pt/c2*1-5(2,3)4(6)7;;;/h2*1-3H3,(H2,6,7);2*1H;/q;;;;+4/p-4. The summed E-state index contributed by atoms with van der Waals surface area (Å²) >= 11 is -0.472. The monoisotopic (exact) mass is 465 g/mol. The Hall–Kier alpha value is 0.208. The topological polar surface area (TPSA) is 81.7 Å². The van der Waals surface area contributed by atoms with Gasteiger partial charge >= 0.3 is 35.3 Å². The van der Waals surface area contributed by atoms with Crippen LogP contribution in [0.5, 0.6) is 0 Å². The maximum absolute atomic E-state index is 10.1. The van der Waals surface area contributed by atoms with E-state index in [1.165, 1.54) is 0 Å². The summed E-state index contributed by atoms with van der Waals surface area (Å²) in [4.78, 5) is 20.3. The van der Waals surface area contributed by atoms with Crippen LogP contribution in [0.25, 0.3) is 11.5 Å². The molecule has 0 aliphatic rings. The van der Waals surface area contributed by atoms with E-state index in [1.54, 1.807) is 41.5 Å². The Bertz CT molecular complexity index is 211. The van der Waals surface area contributed by atoms with Crippen molar-refractivity contribution in [2.24, 2.45) is 10.8 Å². The normalized spacial score (nSPS) is 10.6. The zero-order chi connectivity index (χ0) is 14.9. The fraction of sp³-hybridized carbons (Fsp3) is 0.800. The number of carbonyl (C=O) groups excluding carboxylic acids is 2. The molecule has 2 amide bonds. The summed E-state index contributed by atoms with van der Waals surface area (Å²) in [6.07, 6.45) is 0. The van der Waals surface area contributed by atoms with Crippen LogP contribution in [0.4, 0.5) is 0 Å². The van der Waals surface area contributed by atoms with Crippen molar-refractivity contribution < 1.29 is 26.1 Å². The quantitative estimate of drug-likeness (QED) is 0.523. The Morgan fingerprint density at radius 3 is 0.882 bits per heavy atom. The molecule has 0 aliphatic heterocycles. The molecule has 0 saturated heterocycles. The molecule has 0 heterocycles. The first-order chi connectivity index (χ1) is 7.30. The number of hydrogen-bond acceptors (Lipinski definition) is 2. The van der Waals surface area contributed by atoms with Crippen LogP contribution in [0.1, 0.15) is 41.5 Å². The van der Waals surface area contributed by atoms with Crippen LogP contribution in [0, 0.1) is 10.8 Å². The molecule has 2 N–H and O–H groups in total. The number of rotatable bonds is 0. The molecule has 0 aromatic carbocycles. The van der Waals surface area contributed by atoms with Gasteiger partial charge in [0.1, 0.15) is 0 Å². The van der Waals surface area contributed by atoms with Crippen LogP contribution in [-0.2, 0) is 26.1 Å². The first-order valence-corrected chi connectivity index (χ1v) is 10.3. The molecule has 0 saturated carbocycles. The summed E-state index contributed by atoms with van der Waals surface area (Å²) in [6.45, 7) is 10.3. The minimum absolute atomic E-state index is 0.472. The van der Waals surface area contributed by atoms with Gasteiger partial charge < -0.3 is 21.1 Å². The first kappa shape index (κ1) is 22.4. The van der Waals surface area contributed by atoms with Gasteiger partial charge in [-0.15, -0.1) is 0 Å². The van der Waals surface area contributed by atoms with E-state index in [9.17, 15) is 9.59 Å². The number of hydrogen-bond donors (Lipinski definition) is 0. The van der Waals surface area contributed by atoms with Gasteiger partial charge in [0.2, 0.25) is 0 Å². The molecule has 0 aliphatic carbocycles. The molecule has 4 nitrogen and oxygen atoms in total.